The molecule has 4 fully saturated rings. The second kappa shape index (κ2) is 2.89. The summed E-state index contributed by atoms with van der Waals surface area (Å²) in [5, 5.41) is 0. The third kappa shape index (κ3) is 1.09. The van der Waals surface area contributed by atoms with Crippen molar-refractivity contribution in [3.05, 3.63) is 0 Å². The Kier molecular flexibility index (Phi) is 1.95. The molecular formula is C10H17PS. The van der Waals surface area contributed by atoms with Gasteiger partial charge in [0.25, 0.3) is 0 Å². The van der Waals surface area contributed by atoms with Crippen LogP contribution in [0.25, 0.3) is 0 Å². The molecular weight excluding hydrogens is 183 g/mol. The number of hydrogen-bond acceptors (Lipinski definition) is 1. The van der Waals surface area contributed by atoms with E-state index in [0.29, 0.717) is 0 Å². The maximum atomic E-state index is 4.54. The van der Waals surface area contributed by atoms with Crippen molar-refractivity contribution < 1.29 is 0 Å². The molecule has 4 aliphatic carbocycles. The van der Waals surface area contributed by atoms with E-state index >= 15 is 0 Å². The third-order valence-corrected chi connectivity index (χ3v) is 6.51. The zero-order chi connectivity index (χ0) is 8.13. The molecule has 4 bridgehead atoms. The summed E-state index contributed by atoms with van der Waals surface area (Å²) in [6, 6.07) is 0. The molecule has 12 heavy (non-hydrogen) atoms. The average Bonchev–Trinajstić information content (AvgIpc) is 2.02. The SMILES string of the molecule is SPC1C2CC3CC(C2)CC1C3. The lowest BCUT2D eigenvalue weighted by molar-refractivity contribution is 0.0261. The molecule has 2 heteroatoms. The van der Waals surface area contributed by atoms with Crippen molar-refractivity contribution in [2.24, 2.45) is 23.7 Å². The van der Waals surface area contributed by atoms with E-state index in [-0.39, 0.29) is 0 Å². The third-order valence-electron chi connectivity index (χ3n) is 4.38. The maximum Gasteiger partial charge on any atom is -0.00896 e. The van der Waals surface area contributed by atoms with Gasteiger partial charge in [0.15, 0.2) is 0 Å². The van der Waals surface area contributed by atoms with Gasteiger partial charge >= 0.3 is 0 Å². The molecule has 0 saturated heterocycles. The highest BCUT2D eigenvalue weighted by atomic mass is 32.7. The number of thiol groups is 1. The molecule has 0 amide bonds. The first-order valence-electron chi connectivity index (χ1n) is 5.26. The van der Waals surface area contributed by atoms with E-state index in [0.717, 1.165) is 37.1 Å². The molecule has 0 aliphatic heterocycles. The van der Waals surface area contributed by atoms with Gasteiger partial charge in [-0.2, -0.15) is 12.2 Å². The van der Waals surface area contributed by atoms with Crippen molar-refractivity contribution in [3.8, 4) is 0 Å². The lowest BCUT2D eigenvalue weighted by atomic mass is 9.56. The smallest absolute Gasteiger partial charge is 0.00896 e. The molecule has 0 aromatic carbocycles. The maximum absolute atomic E-state index is 4.54. The highest BCUT2D eigenvalue weighted by molar-refractivity contribution is 8.38. The Morgan fingerprint density at radius 3 is 1.75 bits per heavy atom. The second-order valence-corrected chi connectivity index (χ2v) is 6.79. The van der Waals surface area contributed by atoms with Gasteiger partial charge in [0.2, 0.25) is 0 Å². The topological polar surface area (TPSA) is 0 Å². The summed E-state index contributed by atoms with van der Waals surface area (Å²) < 4.78 is 0. The number of rotatable bonds is 1. The summed E-state index contributed by atoms with van der Waals surface area (Å²) in [6.45, 7) is 0. The predicted molar refractivity (Wildman–Crippen MR) is 58.1 cm³/mol. The van der Waals surface area contributed by atoms with Crippen LogP contribution in [-0.2, 0) is 0 Å². The fraction of sp³-hybridized carbons (Fsp3) is 1.00. The summed E-state index contributed by atoms with van der Waals surface area (Å²) in [6.07, 6.45) is 7.82. The first-order valence-corrected chi connectivity index (χ1v) is 7.63. The summed E-state index contributed by atoms with van der Waals surface area (Å²) in [5.74, 6) is 4.45. The monoisotopic (exact) mass is 200 g/mol. The van der Waals surface area contributed by atoms with Crippen LogP contribution in [-0.4, -0.2) is 5.66 Å². The van der Waals surface area contributed by atoms with Gasteiger partial charge in [-0.15, -0.1) is 0 Å². The van der Waals surface area contributed by atoms with Gasteiger partial charge < -0.3 is 0 Å². The van der Waals surface area contributed by atoms with E-state index in [2.05, 4.69) is 12.2 Å². The molecule has 68 valence electrons. The standard InChI is InChI=1S/C10H17PS/c12-11-10-8-2-6-1-7(4-8)5-9(10)3-6/h6-12H,1-5H2. The summed E-state index contributed by atoms with van der Waals surface area (Å²) in [5.41, 5.74) is 1.03. The van der Waals surface area contributed by atoms with Gasteiger partial charge in [-0.3, -0.25) is 0 Å². The molecule has 0 nitrogen and oxygen atoms in total. The van der Waals surface area contributed by atoms with Crippen LogP contribution in [0, 0.1) is 23.7 Å². The van der Waals surface area contributed by atoms with Gasteiger partial charge in [-0.05, 0) is 61.4 Å². The molecule has 4 saturated carbocycles. The van der Waals surface area contributed by atoms with Crippen LogP contribution in [0.5, 0.6) is 0 Å². The van der Waals surface area contributed by atoms with Gasteiger partial charge in [0.1, 0.15) is 0 Å². The molecule has 4 aliphatic rings. The van der Waals surface area contributed by atoms with E-state index in [1.807, 2.05) is 0 Å². The lowest BCUT2D eigenvalue weighted by Gasteiger charge is -2.54. The van der Waals surface area contributed by atoms with Crippen molar-refractivity contribution in [1.82, 2.24) is 0 Å². The number of hydrogen-bond donors (Lipinski definition) is 1. The van der Waals surface area contributed by atoms with Crippen LogP contribution in [0.3, 0.4) is 0 Å². The van der Waals surface area contributed by atoms with Gasteiger partial charge in [-0.1, -0.05) is 7.78 Å². The first-order chi connectivity index (χ1) is 5.86. The minimum atomic E-state index is 0.930. The van der Waals surface area contributed by atoms with Crippen LogP contribution in [0.2, 0.25) is 0 Å². The normalized spacial score (nSPS) is 57.2. The fourth-order valence-corrected chi connectivity index (χ4v) is 6.37. The molecule has 0 aromatic heterocycles. The fourth-order valence-electron chi connectivity index (χ4n) is 4.14. The van der Waals surface area contributed by atoms with E-state index in [1.165, 1.54) is 0 Å². The summed E-state index contributed by atoms with van der Waals surface area (Å²) in [4.78, 5) is 0. The Labute approximate surface area is 81.8 Å². The quantitative estimate of drug-likeness (QED) is 0.487. The zero-order valence-corrected chi connectivity index (χ0v) is 9.26. The Morgan fingerprint density at radius 2 is 1.33 bits per heavy atom. The Balaban J connectivity index is 1.86. The van der Waals surface area contributed by atoms with Crippen molar-refractivity contribution in [2.75, 3.05) is 0 Å². The molecule has 0 N–H and O–H groups in total. The molecule has 4 rings (SSSR count). The first kappa shape index (κ1) is 8.12. The molecule has 0 heterocycles. The van der Waals surface area contributed by atoms with Gasteiger partial charge in [0, 0.05) is 0 Å². The summed E-state index contributed by atoms with van der Waals surface area (Å²) in [7, 11) is 0.930. The highest BCUT2D eigenvalue weighted by Crippen LogP contribution is 2.58. The van der Waals surface area contributed by atoms with E-state index in [4.69, 9.17) is 0 Å². The Bertz CT molecular complexity index is 164. The van der Waals surface area contributed by atoms with Crippen molar-refractivity contribution in [1.29, 1.82) is 0 Å². The molecule has 1 unspecified atom stereocenters. The minimum absolute atomic E-state index is 0.930. The van der Waals surface area contributed by atoms with Crippen molar-refractivity contribution in [2.45, 2.75) is 37.8 Å². The van der Waals surface area contributed by atoms with E-state index < -0.39 is 0 Å². The van der Waals surface area contributed by atoms with Crippen molar-refractivity contribution in [3.63, 3.8) is 0 Å². The van der Waals surface area contributed by atoms with Crippen LogP contribution in [0.1, 0.15) is 32.1 Å². The van der Waals surface area contributed by atoms with E-state index in [9.17, 15) is 0 Å². The minimum Gasteiger partial charge on any atom is -0.154 e. The van der Waals surface area contributed by atoms with Crippen LogP contribution in [0.4, 0.5) is 0 Å². The van der Waals surface area contributed by atoms with E-state index in [1.54, 1.807) is 32.1 Å². The lowest BCUT2D eigenvalue weighted by Crippen LogP contribution is -2.45. The summed E-state index contributed by atoms with van der Waals surface area (Å²) >= 11 is 4.54. The molecule has 0 spiro atoms. The van der Waals surface area contributed by atoms with Gasteiger partial charge in [-0.25, -0.2) is 0 Å². The molecule has 0 radical (unpaired) electrons. The molecule has 0 aromatic rings. The molecule has 1 atom stereocenters. The average molecular weight is 200 g/mol. The van der Waals surface area contributed by atoms with Crippen molar-refractivity contribution >= 4 is 20.0 Å². The van der Waals surface area contributed by atoms with Gasteiger partial charge in [0.05, 0.1) is 0 Å². The Hall–Kier alpha value is 0.780. The van der Waals surface area contributed by atoms with Crippen LogP contribution >= 0.6 is 20.0 Å². The highest BCUT2D eigenvalue weighted by Gasteiger charge is 2.47. The van der Waals surface area contributed by atoms with Crippen LogP contribution < -0.4 is 0 Å². The second-order valence-electron chi connectivity index (χ2n) is 5.09. The zero-order valence-electron chi connectivity index (χ0n) is 7.37. The predicted octanol–water partition coefficient (Wildman–Crippen LogP) is 3.33. The Morgan fingerprint density at radius 1 is 0.833 bits per heavy atom. The van der Waals surface area contributed by atoms with Crippen LogP contribution in [0.15, 0.2) is 0 Å². The largest absolute Gasteiger partial charge is 0.154 e.